The Hall–Kier alpha value is -1.89. The summed E-state index contributed by atoms with van der Waals surface area (Å²) in [5.74, 6) is 1.07. The number of piperidine rings is 1. The fourth-order valence-corrected chi connectivity index (χ4v) is 5.31. The van der Waals surface area contributed by atoms with Crippen LogP contribution >= 0.6 is 11.3 Å². The lowest BCUT2D eigenvalue weighted by atomic mass is 10.0. The normalized spacial score (nSPS) is 20.0. The number of amides is 2. The first kappa shape index (κ1) is 16.6. The molecule has 0 spiro atoms. The molecule has 1 aliphatic carbocycles. The number of urea groups is 1. The lowest BCUT2D eigenvalue weighted by Crippen LogP contribution is -2.51. The molecule has 0 bridgehead atoms. The van der Waals surface area contributed by atoms with E-state index in [2.05, 4.69) is 14.9 Å². The van der Waals surface area contributed by atoms with E-state index in [-0.39, 0.29) is 12.1 Å². The van der Waals surface area contributed by atoms with Gasteiger partial charge in [-0.05, 0) is 37.7 Å². The van der Waals surface area contributed by atoms with Gasteiger partial charge in [0.15, 0.2) is 0 Å². The molecule has 1 unspecified atom stereocenters. The van der Waals surface area contributed by atoms with Crippen LogP contribution in [-0.4, -0.2) is 66.1 Å². The number of likely N-dealkylation sites (N-methyl/N-ethyl adjacent to an activating group) is 1. The van der Waals surface area contributed by atoms with Gasteiger partial charge in [0.1, 0.15) is 17.0 Å². The van der Waals surface area contributed by atoms with Crippen molar-refractivity contribution in [2.24, 2.45) is 0 Å². The largest absolute Gasteiger partial charge is 0.354 e. The molecule has 1 aliphatic heterocycles. The second-order valence-corrected chi connectivity index (χ2v) is 8.35. The summed E-state index contributed by atoms with van der Waals surface area (Å²) in [6, 6.07) is 0.288. The zero-order valence-electron chi connectivity index (χ0n) is 15.2. The van der Waals surface area contributed by atoms with Crippen LogP contribution in [0.1, 0.15) is 29.7 Å². The minimum absolute atomic E-state index is 0.0658. The number of fused-ring (bicyclic) bond motifs is 3. The summed E-state index contributed by atoms with van der Waals surface area (Å²) in [5, 5.41) is 1.27. The predicted molar refractivity (Wildman–Crippen MR) is 102 cm³/mol. The summed E-state index contributed by atoms with van der Waals surface area (Å²) >= 11 is 1.83. The Kier molecular flexibility index (Phi) is 4.27. The van der Waals surface area contributed by atoms with E-state index in [1.54, 1.807) is 11.2 Å². The molecule has 2 aliphatic rings. The molecule has 4 rings (SSSR count). The van der Waals surface area contributed by atoms with Crippen molar-refractivity contribution in [3.05, 3.63) is 16.8 Å². The highest BCUT2D eigenvalue weighted by Crippen LogP contribution is 2.40. The highest BCUT2D eigenvalue weighted by molar-refractivity contribution is 7.19. The first-order valence-corrected chi connectivity index (χ1v) is 9.82. The molecule has 0 aromatic carbocycles. The summed E-state index contributed by atoms with van der Waals surface area (Å²) in [6.45, 7) is 1.84. The summed E-state index contributed by atoms with van der Waals surface area (Å²) < 4.78 is 0. The van der Waals surface area contributed by atoms with Crippen molar-refractivity contribution < 1.29 is 4.79 Å². The number of anilines is 1. The summed E-state index contributed by atoms with van der Waals surface area (Å²) in [6.07, 6.45) is 7.39. The minimum Gasteiger partial charge on any atom is -0.354 e. The van der Waals surface area contributed by atoms with Crippen LogP contribution in [0.25, 0.3) is 10.2 Å². The van der Waals surface area contributed by atoms with Crippen LogP contribution in [0.5, 0.6) is 0 Å². The Balaban J connectivity index is 1.64. The van der Waals surface area contributed by atoms with E-state index in [0.717, 1.165) is 43.0 Å². The van der Waals surface area contributed by atoms with E-state index in [4.69, 9.17) is 0 Å². The van der Waals surface area contributed by atoms with Crippen molar-refractivity contribution in [2.45, 2.75) is 38.1 Å². The van der Waals surface area contributed by atoms with Crippen LogP contribution in [0.2, 0.25) is 0 Å². The van der Waals surface area contributed by atoms with Gasteiger partial charge in [-0.3, -0.25) is 0 Å². The Morgan fingerprint density at radius 3 is 2.88 bits per heavy atom. The van der Waals surface area contributed by atoms with Crippen LogP contribution < -0.4 is 4.90 Å². The first-order chi connectivity index (χ1) is 12.1. The Morgan fingerprint density at radius 1 is 1.24 bits per heavy atom. The molecule has 1 fully saturated rings. The fraction of sp³-hybridized carbons (Fsp3) is 0.611. The second kappa shape index (κ2) is 6.44. The number of rotatable bonds is 2. The lowest BCUT2D eigenvalue weighted by Gasteiger charge is -2.39. The predicted octanol–water partition coefficient (Wildman–Crippen LogP) is 2.76. The van der Waals surface area contributed by atoms with E-state index in [9.17, 15) is 4.79 Å². The SMILES string of the molecule is CN(C)C(=O)N(C)C1CCCN(c2ncnc3sc4c(c23)CCC4)C1. The Labute approximate surface area is 152 Å². The molecule has 1 saturated heterocycles. The molecule has 0 radical (unpaired) electrons. The monoisotopic (exact) mass is 359 g/mol. The van der Waals surface area contributed by atoms with E-state index < -0.39 is 0 Å². The smallest absolute Gasteiger partial charge is 0.319 e. The van der Waals surface area contributed by atoms with Crippen LogP contribution in [-0.2, 0) is 12.8 Å². The van der Waals surface area contributed by atoms with Crippen molar-refractivity contribution in [3.63, 3.8) is 0 Å². The van der Waals surface area contributed by atoms with Gasteiger partial charge in [0.25, 0.3) is 0 Å². The van der Waals surface area contributed by atoms with Gasteiger partial charge in [-0.25, -0.2) is 14.8 Å². The molecule has 1 atom stereocenters. The van der Waals surface area contributed by atoms with Gasteiger partial charge in [0.05, 0.1) is 11.4 Å². The van der Waals surface area contributed by atoms with Gasteiger partial charge < -0.3 is 14.7 Å². The number of thiophene rings is 1. The molecule has 3 heterocycles. The molecular formula is C18H25N5OS. The topological polar surface area (TPSA) is 52.6 Å². The summed E-state index contributed by atoms with van der Waals surface area (Å²) in [4.78, 5) is 30.0. The van der Waals surface area contributed by atoms with Crippen LogP contribution in [0.4, 0.5) is 10.6 Å². The minimum atomic E-state index is 0.0658. The maximum atomic E-state index is 12.3. The lowest BCUT2D eigenvalue weighted by molar-refractivity contribution is 0.157. The van der Waals surface area contributed by atoms with Crippen LogP contribution in [0.15, 0.2) is 6.33 Å². The molecule has 7 heteroatoms. The van der Waals surface area contributed by atoms with Crippen LogP contribution in [0, 0.1) is 0 Å². The first-order valence-electron chi connectivity index (χ1n) is 9.00. The molecule has 6 nitrogen and oxygen atoms in total. The third-order valence-electron chi connectivity index (χ3n) is 5.41. The fourth-order valence-electron chi connectivity index (χ4n) is 4.09. The van der Waals surface area contributed by atoms with Crippen molar-refractivity contribution in [1.29, 1.82) is 0 Å². The van der Waals surface area contributed by atoms with Crippen LogP contribution in [0.3, 0.4) is 0 Å². The third kappa shape index (κ3) is 2.84. The average molecular weight is 359 g/mol. The molecule has 2 aromatic heterocycles. The van der Waals surface area contributed by atoms with E-state index in [0.29, 0.717) is 0 Å². The number of hydrogen-bond acceptors (Lipinski definition) is 5. The number of carbonyl (C=O) groups excluding carboxylic acids is 1. The Morgan fingerprint density at radius 2 is 2.08 bits per heavy atom. The summed E-state index contributed by atoms with van der Waals surface area (Å²) in [5.41, 5.74) is 1.47. The molecule has 0 saturated carbocycles. The highest BCUT2D eigenvalue weighted by atomic mass is 32.1. The number of nitrogens with zero attached hydrogens (tertiary/aromatic N) is 5. The molecular weight excluding hydrogens is 334 g/mol. The number of aromatic nitrogens is 2. The zero-order chi connectivity index (χ0) is 17.6. The maximum absolute atomic E-state index is 12.3. The molecule has 134 valence electrons. The summed E-state index contributed by atoms with van der Waals surface area (Å²) in [7, 11) is 5.53. The van der Waals surface area contributed by atoms with Crippen molar-refractivity contribution in [2.75, 3.05) is 39.1 Å². The van der Waals surface area contributed by atoms with Gasteiger partial charge in [-0.1, -0.05) is 0 Å². The van der Waals surface area contributed by atoms with E-state index >= 15 is 0 Å². The second-order valence-electron chi connectivity index (χ2n) is 7.26. The quantitative estimate of drug-likeness (QED) is 0.827. The zero-order valence-corrected chi connectivity index (χ0v) is 16.0. The van der Waals surface area contributed by atoms with Crippen molar-refractivity contribution in [3.8, 4) is 0 Å². The van der Waals surface area contributed by atoms with Gasteiger partial charge in [0, 0.05) is 39.1 Å². The molecule has 2 amide bonds. The average Bonchev–Trinajstić information content (AvgIpc) is 3.21. The maximum Gasteiger partial charge on any atom is 0.319 e. The molecule has 0 N–H and O–H groups in total. The van der Waals surface area contributed by atoms with E-state index in [1.807, 2.05) is 37.4 Å². The standard InChI is InChI=1S/C18H25N5OS/c1-21(2)18(24)22(3)12-6-5-9-23(10-12)16-15-13-7-4-8-14(13)25-17(15)20-11-19-16/h11-12H,4-10H2,1-3H3. The van der Waals surface area contributed by atoms with Gasteiger partial charge in [-0.15, -0.1) is 11.3 Å². The number of carbonyl (C=O) groups is 1. The number of hydrogen-bond donors (Lipinski definition) is 0. The van der Waals surface area contributed by atoms with Crippen molar-refractivity contribution >= 4 is 33.4 Å². The third-order valence-corrected chi connectivity index (χ3v) is 6.61. The van der Waals surface area contributed by atoms with Crippen molar-refractivity contribution in [1.82, 2.24) is 19.8 Å². The van der Waals surface area contributed by atoms with Gasteiger partial charge in [-0.2, -0.15) is 0 Å². The molecule has 25 heavy (non-hydrogen) atoms. The van der Waals surface area contributed by atoms with Gasteiger partial charge in [0.2, 0.25) is 0 Å². The van der Waals surface area contributed by atoms with E-state index in [1.165, 1.54) is 28.7 Å². The van der Waals surface area contributed by atoms with Gasteiger partial charge >= 0.3 is 6.03 Å². The Bertz CT molecular complexity index is 802. The number of aryl methyl sites for hydroxylation is 2. The molecule has 2 aromatic rings. The highest BCUT2D eigenvalue weighted by Gasteiger charge is 2.30.